The van der Waals surface area contributed by atoms with Crippen LogP contribution in [0.1, 0.15) is 5.01 Å². The molecule has 3 nitrogen and oxygen atoms in total. The van der Waals surface area contributed by atoms with Crippen LogP contribution in [0.3, 0.4) is 0 Å². The Kier molecular flexibility index (Phi) is 3.01. The van der Waals surface area contributed by atoms with E-state index in [4.69, 9.17) is 4.74 Å². The van der Waals surface area contributed by atoms with Crippen molar-refractivity contribution in [3.63, 3.8) is 0 Å². The van der Waals surface area contributed by atoms with Crippen LogP contribution in [0.2, 0.25) is 0 Å². The van der Waals surface area contributed by atoms with E-state index in [0.29, 0.717) is 5.19 Å². The zero-order chi connectivity index (χ0) is 12.5. The third kappa shape index (κ3) is 2.37. The van der Waals surface area contributed by atoms with Gasteiger partial charge in [0, 0.05) is 4.47 Å². The lowest BCUT2D eigenvalue weighted by molar-refractivity contribution is 0.474. The van der Waals surface area contributed by atoms with Crippen LogP contribution in [-0.2, 0) is 0 Å². The first-order chi connectivity index (χ1) is 8.70. The molecule has 0 saturated heterocycles. The van der Waals surface area contributed by atoms with Crippen molar-refractivity contribution in [2.24, 2.45) is 0 Å². The van der Waals surface area contributed by atoms with Crippen LogP contribution < -0.4 is 4.74 Å². The molecule has 0 atom stereocenters. The molecule has 1 heterocycles. The van der Waals surface area contributed by atoms with Crippen molar-refractivity contribution < 1.29 is 4.74 Å². The van der Waals surface area contributed by atoms with Crippen LogP contribution in [0.25, 0.3) is 10.8 Å². The highest BCUT2D eigenvalue weighted by molar-refractivity contribution is 9.10. The van der Waals surface area contributed by atoms with Gasteiger partial charge in [-0.15, -0.1) is 5.10 Å². The minimum atomic E-state index is 0.573. The Morgan fingerprint density at radius 3 is 2.61 bits per heavy atom. The Hall–Kier alpha value is -1.46. The van der Waals surface area contributed by atoms with Crippen LogP contribution in [0.15, 0.2) is 40.9 Å². The lowest BCUT2D eigenvalue weighted by Crippen LogP contribution is -1.83. The molecule has 2 aromatic carbocycles. The lowest BCUT2D eigenvalue weighted by atomic mass is 10.1. The van der Waals surface area contributed by atoms with Gasteiger partial charge in [-0.3, -0.25) is 0 Å². The van der Waals surface area contributed by atoms with Gasteiger partial charge in [0.05, 0.1) is 0 Å². The van der Waals surface area contributed by atoms with Gasteiger partial charge in [-0.1, -0.05) is 44.5 Å². The summed E-state index contributed by atoms with van der Waals surface area (Å²) in [6, 6.07) is 12.1. The average Bonchev–Trinajstić information content (AvgIpc) is 2.75. The van der Waals surface area contributed by atoms with Gasteiger partial charge in [0.25, 0.3) is 5.19 Å². The van der Waals surface area contributed by atoms with E-state index in [-0.39, 0.29) is 0 Å². The molecular formula is C13H9BrN2OS. The SMILES string of the molecule is Cc1nnc(Oc2ccc3cc(Br)ccc3c2)s1. The Balaban J connectivity index is 1.96. The van der Waals surface area contributed by atoms with Crippen LogP contribution in [0, 0.1) is 6.92 Å². The summed E-state index contributed by atoms with van der Waals surface area (Å²) in [6.07, 6.45) is 0. The zero-order valence-electron chi connectivity index (χ0n) is 9.55. The smallest absolute Gasteiger partial charge is 0.299 e. The highest BCUT2D eigenvalue weighted by Gasteiger charge is 2.04. The van der Waals surface area contributed by atoms with Gasteiger partial charge in [0.1, 0.15) is 10.8 Å². The molecule has 0 radical (unpaired) electrons. The molecule has 0 N–H and O–H groups in total. The second-order valence-electron chi connectivity index (χ2n) is 3.84. The normalized spacial score (nSPS) is 10.8. The highest BCUT2D eigenvalue weighted by atomic mass is 79.9. The highest BCUT2D eigenvalue weighted by Crippen LogP contribution is 2.28. The number of nitrogens with zero attached hydrogens (tertiary/aromatic N) is 2. The third-order valence-corrected chi connectivity index (χ3v) is 3.70. The first-order valence-corrected chi connectivity index (χ1v) is 6.99. The maximum atomic E-state index is 5.67. The van der Waals surface area contributed by atoms with Crippen molar-refractivity contribution in [1.82, 2.24) is 10.2 Å². The molecule has 0 fully saturated rings. The average molecular weight is 321 g/mol. The Labute approximate surface area is 117 Å². The number of ether oxygens (including phenoxy) is 1. The summed E-state index contributed by atoms with van der Waals surface area (Å²) < 4.78 is 6.74. The van der Waals surface area contributed by atoms with Crippen molar-refractivity contribution in [3.05, 3.63) is 45.9 Å². The van der Waals surface area contributed by atoms with Gasteiger partial charge in [-0.05, 0) is 42.0 Å². The number of aryl methyl sites for hydroxylation is 1. The molecule has 5 heteroatoms. The van der Waals surface area contributed by atoms with Crippen LogP contribution >= 0.6 is 27.3 Å². The van der Waals surface area contributed by atoms with Crippen molar-refractivity contribution in [2.75, 3.05) is 0 Å². The minimum Gasteiger partial charge on any atom is -0.430 e. The first-order valence-electron chi connectivity index (χ1n) is 5.38. The Morgan fingerprint density at radius 2 is 1.83 bits per heavy atom. The number of benzene rings is 2. The number of rotatable bonds is 2. The molecule has 0 saturated carbocycles. The number of hydrogen-bond acceptors (Lipinski definition) is 4. The maximum absolute atomic E-state index is 5.67. The number of fused-ring (bicyclic) bond motifs is 1. The monoisotopic (exact) mass is 320 g/mol. The Morgan fingerprint density at radius 1 is 1.06 bits per heavy atom. The van der Waals surface area contributed by atoms with Crippen molar-refractivity contribution in [1.29, 1.82) is 0 Å². The molecule has 90 valence electrons. The topological polar surface area (TPSA) is 35.0 Å². The van der Waals surface area contributed by atoms with Crippen molar-refractivity contribution in [3.8, 4) is 10.9 Å². The molecular weight excluding hydrogens is 312 g/mol. The zero-order valence-corrected chi connectivity index (χ0v) is 12.0. The molecule has 0 aliphatic heterocycles. The third-order valence-electron chi connectivity index (χ3n) is 2.49. The fourth-order valence-corrected chi connectivity index (χ4v) is 2.61. The predicted molar refractivity (Wildman–Crippen MR) is 76.4 cm³/mol. The van der Waals surface area contributed by atoms with Crippen LogP contribution in [0.4, 0.5) is 0 Å². The van der Waals surface area contributed by atoms with Gasteiger partial charge in [0.2, 0.25) is 0 Å². The van der Waals surface area contributed by atoms with Crippen LogP contribution in [-0.4, -0.2) is 10.2 Å². The molecule has 0 aliphatic carbocycles. The van der Waals surface area contributed by atoms with Crippen molar-refractivity contribution in [2.45, 2.75) is 6.92 Å². The predicted octanol–water partition coefficient (Wildman–Crippen LogP) is 4.55. The van der Waals surface area contributed by atoms with Crippen molar-refractivity contribution >= 4 is 38.0 Å². The number of hydrogen-bond donors (Lipinski definition) is 0. The summed E-state index contributed by atoms with van der Waals surface area (Å²) in [5, 5.41) is 11.6. The van der Waals surface area contributed by atoms with E-state index >= 15 is 0 Å². The molecule has 0 bridgehead atoms. The van der Waals surface area contributed by atoms with E-state index in [2.05, 4.69) is 38.3 Å². The van der Waals surface area contributed by atoms with E-state index in [1.807, 2.05) is 31.2 Å². The van der Waals surface area contributed by atoms with Gasteiger partial charge < -0.3 is 4.74 Å². The summed E-state index contributed by atoms with van der Waals surface area (Å²) in [5.74, 6) is 0.779. The summed E-state index contributed by atoms with van der Waals surface area (Å²) in [6.45, 7) is 1.91. The minimum absolute atomic E-state index is 0.573. The lowest BCUT2D eigenvalue weighted by Gasteiger charge is -2.03. The molecule has 1 aromatic heterocycles. The summed E-state index contributed by atoms with van der Waals surface area (Å²) >= 11 is 4.90. The van der Waals surface area contributed by atoms with Crippen LogP contribution in [0.5, 0.6) is 10.9 Å². The van der Waals surface area contributed by atoms with E-state index in [1.54, 1.807) is 0 Å². The molecule has 3 rings (SSSR count). The molecule has 3 aromatic rings. The van der Waals surface area contributed by atoms with E-state index < -0.39 is 0 Å². The summed E-state index contributed by atoms with van der Waals surface area (Å²) in [7, 11) is 0. The fraction of sp³-hybridized carbons (Fsp3) is 0.0769. The maximum Gasteiger partial charge on any atom is 0.299 e. The molecule has 0 spiro atoms. The molecule has 0 aliphatic rings. The van der Waals surface area contributed by atoms with Gasteiger partial charge in [0.15, 0.2) is 0 Å². The largest absolute Gasteiger partial charge is 0.430 e. The standard InChI is InChI=1S/C13H9BrN2OS/c1-8-15-16-13(18-8)17-12-5-3-9-6-11(14)4-2-10(9)7-12/h2-7H,1H3. The molecule has 0 unspecified atom stereocenters. The molecule has 0 amide bonds. The van der Waals surface area contributed by atoms with Gasteiger partial charge >= 0.3 is 0 Å². The Bertz CT molecular complexity index is 711. The summed E-state index contributed by atoms with van der Waals surface area (Å²) in [4.78, 5) is 0. The fourth-order valence-electron chi connectivity index (χ4n) is 1.68. The second kappa shape index (κ2) is 4.66. The molecule has 18 heavy (non-hydrogen) atoms. The van der Waals surface area contributed by atoms with Gasteiger partial charge in [-0.2, -0.15) is 0 Å². The quantitative estimate of drug-likeness (QED) is 0.694. The second-order valence-corrected chi connectivity index (χ2v) is 5.90. The first kappa shape index (κ1) is 11.6. The number of halogens is 1. The van der Waals surface area contributed by atoms with Gasteiger partial charge in [-0.25, -0.2) is 0 Å². The summed E-state index contributed by atoms with van der Waals surface area (Å²) in [5.41, 5.74) is 0. The van der Waals surface area contributed by atoms with E-state index in [1.165, 1.54) is 16.7 Å². The number of aromatic nitrogens is 2. The van der Waals surface area contributed by atoms with E-state index in [0.717, 1.165) is 20.6 Å². The van der Waals surface area contributed by atoms with E-state index in [9.17, 15) is 0 Å².